The molecule has 0 saturated carbocycles. The van der Waals surface area contributed by atoms with Gasteiger partial charge >= 0.3 is 5.97 Å². The summed E-state index contributed by atoms with van der Waals surface area (Å²) in [5.41, 5.74) is 0.278. The molecule has 1 aromatic heterocycles. The van der Waals surface area contributed by atoms with Crippen molar-refractivity contribution in [3.63, 3.8) is 0 Å². The van der Waals surface area contributed by atoms with Gasteiger partial charge in [0, 0.05) is 0 Å². The molecule has 0 spiro atoms. The number of rotatable bonds is 3. The molecule has 1 aliphatic rings. The van der Waals surface area contributed by atoms with Gasteiger partial charge in [-0.05, 0) is 13.8 Å². The predicted molar refractivity (Wildman–Crippen MR) is 72.8 cm³/mol. The van der Waals surface area contributed by atoms with Gasteiger partial charge in [-0.15, -0.1) is 0 Å². The second-order valence-electron chi connectivity index (χ2n) is 4.64. The van der Waals surface area contributed by atoms with Crippen LogP contribution in [-0.2, 0) is 9.84 Å². The number of nitrogens with zero attached hydrogens (tertiary/aromatic N) is 2. The number of aryl methyl sites for hydroxylation is 2. The topological polar surface area (TPSA) is 117 Å². The zero-order valence-electron chi connectivity index (χ0n) is 10.9. The lowest BCUT2D eigenvalue weighted by molar-refractivity contribution is 0.0690. The summed E-state index contributed by atoms with van der Waals surface area (Å²) in [6, 6.07) is 0. The fourth-order valence-electron chi connectivity index (χ4n) is 2.07. The number of aromatic nitrogens is 2. The van der Waals surface area contributed by atoms with E-state index in [0.717, 1.165) is 11.8 Å². The Balaban J connectivity index is 2.37. The summed E-state index contributed by atoms with van der Waals surface area (Å²) in [5, 5.41) is 18.6. The first-order valence-corrected chi connectivity index (χ1v) is 8.53. The zero-order valence-corrected chi connectivity index (χ0v) is 12.5. The zero-order chi connectivity index (χ0) is 15.1. The fraction of sp³-hybridized carbons (Fsp3) is 0.545. The number of hydrogen-bond acceptors (Lipinski definition) is 7. The molecule has 110 valence electrons. The molecule has 1 saturated heterocycles. The van der Waals surface area contributed by atoms with E-state index in [1.807, 2.05) is 0 Å². The molecule has 0 radical (unpaired) electrons. The van der Waals surface area contributed by atoms with Crippen LogP contribution >= 0.6 is 11.8 Å². The third-order valence-electron chi connectivity index (χ3n) is 2.92. The first-order valence-electron chi connectivity index (χ1n) is 5.83. The van der Waals surface area contributed by atoms with Gasteiger partial charge in [0.1, 0.15) is 16.4 Å². The molecule has 1 aromatic rings. The van der Waals surface area contributed by atoms with Crippen LogP contribution in [0.4, 0.5) is 0 Å². The molecule has 0 aromatic carbocycles. The van der Waals surface area contributed by atoms with Crippen LogP contribution in [0, 0.1) is 13.8 Å². The van der Waals surface area contributed by atoms with E-state index in [1.165, 1.54) is 0 Å². The molecule has 2 heterocycles. The lowest BCUT2D eigenvalue weighted by Crippen LogP contribution is -2.21. The third kappa shape index (κ3) is 3.10. The summed E-state index contributed by atoms with van der Waals surface area (Å²) in [6.45, 7) is 3.19. The van der Waals surface area contributed by atoms with Gasteiger partial charge in [-0.3, -0.25) is 0 Å². The highest BCUT2D eigenvalue weighted by Crippen LogP contribution is 2.32. The highest BCUT2D eigenvalue weighted by Gasteiger charge is 2.38. The van der Waals surface area contributed by atoms with E-state index in [2.05, 4.69) is 9.97 Å². The number of hydrogen-bond donors (Lipinski definition) is 2. The van der Waals surface area contributed by atoms with Crippen molar-refractivity contribution in [3.8, 4) is 0 Å². The number of aliphatic hydroxyl groups excluding tert-OH is 1. The van der Waals surface area contributed by atoms with Crippen molar-refractivity contribution in [1.29, 1.82) is 0 Å². The van der Waals surface area contributed by atoms with Crippen LogP contribution in [0.1, 0.15) is 21.9 Å². The van der Waals surface area contributed by atoms with Crippen molar-refractivity contribution < 1.29 is 23.4 Å². The standard InChI is InChI=1S/C11H14N2O5S2/c1-5-9(11(15)16)10(13-6(2)12-5)19-8-4-20(17,18)3-7(8)14/h7-8,14H,3-4H2,1-2H3,(H,15,16). The van der Waals surface area contributed by atoms with Gasteiger partial charge in [-0.25, -0.2) is 23.2 Å². The minimum atomic E-state index is -3.28. The lowest BCUT2D eigenvalue weighted by atomic mass is 10.2. The molecule has 1 aliphatic heterocycles. The van der Waals surface area contributed by atoms with Crippen LogP contribution in [0.3, 0.4) is 0 Å². The highest BCUT2D eigenvalue weighted by molar-refractivity contribution is 8.02. The molecule has 20 heavy (non-hydrogen) atoms. The van der Waals surface area contributed by atoms with Gasteiger partial charge in [0.2, 0.25) is 0 Å². The van der Waals surface area contributed by atoms with Crippen LogP contribution in [0.15, 0.2) is 5.03 Å². The van der Waals surface area contributed by atoms with E-state index in [4.69, 9.17) is 0 Å². The van der Waals surface area contributed by atoms with E-state index < -0.39 is 27.2 Å². The van der Waals surface area contributed by atoms with E-state index in [0.29, 0.717) is 11.5 Å². The molecule has 2 atom stereocenters. The van der Waals surface area contributed by atoms with Crippen molar-refractivity contribution in [2.75, 3.05) is 11.5 Å². The Morgan fingerprint density at radius 1 is 1.30 bits per heavy atom. The summed E-state index contributed by atoms with van der Waals surface area (Å²) in [7, 11) is -3.28. The maximum absolute atomic E-state index is 11.5. The number of aromatic carboxylic acids is 1. The predicted octanol–water partition coefficient (Wildman–Crippen LogP) is 0.0416. The van der Waals surface area contributed by atoms with Gasteiger partial charge in [0.25, 0.3) is 0 Å². The van der Waals surface area contributed by atoms with Gasteiger partial charge in [0.15, 0.2) is 9.84 Å². The summed E-state index contributed by atoms with van der Waals surface area (Å²) in [5.74, 6) is -1.23. The van der Waals surface area contributed by atoms with Crippen molar-refractivity contribution in [2.45, 2.75) is 30.2 Å². The number of carboxylic acids is 1. The Bertz CT molecular complexity index is 659. The smallest absolute Gasteiger partial charge is 0.340 e. The summed E-state index contributed by atoms with van der Waals surface area (Å²) in [6.07, 6.45) is -1.01. The highest BCUT2D eigenvalue weighted by atomic mass is 32.2. The van der Waals surface area contributed by atoms with Crippen LogP contribution in [0.2, 0.25) is 0 Å². The van der Waals surface area contributed by atoms with E-state index >= 15 is 0 Å². The number of aliphatic hydroxyl groups is 1. The minimum absolute atomic E-state index is 0.0444. The Morgan fingerprint density at radius 2 is 1.95 bits per heavy atom. The largest absolute Gasteiger partial charge is 0.478 e. The summed E-state index contributed by atoms with van der Waals surface area (Å²) in [4.78, 5) is 19.3. The van der Waals surface area contributed by atoms with E-state index in [-0.39, 0.29) is 22.1 Å². The Labute approximate surface area is 120 Å². The van der Waals surface area contributed by atoms with Crippen molar-refractivity contribution in [2.24, 2.45) is 0 Å². The van der Waals surface area contributed by atoms with Gasteiger partial charge < -0.3 is 10.2 Å². The van der Waals surface area contributed by atoms with Gasteiger partial charge in [0.05, 0.1) is 28.6 Å². The second-order valence-corrected chi connectivity index (χ2v) is 8.02. The molecule has 0 amide bonds. The monoisotopic (exact) mass is 318 g/mol. The van der Waals surface area contributed by atoms with Gasteiger partial charge in [-0.1, -0.05) is 11.8 Å². The molecule has 2 unspecified atom stereocenters. The van der Waals surface area contributed by atoms with Crippen LogP contribution in [0.5, 0.6) is 0 Å². The molecule has 2 N–H and O–H groups in total. The lowest BCUT2D eigenvalue weighted by Gasteiger charge is -2.14. The first kappa shape index (κ1) is 15.2. The molecular formula is C11H14N2O5S2. The maximum atomic E-state index is 11.5. The number of carboxylic acid groups (broad SMARTS) is 1. The molecule has 1 fully saturated rings. The summed E-state index contributed by atoms with van der Waals surface area (Å²) >= 11 is 0.984. The van der Waals surface area contributed by atoms with Crippen molar-refractivity contribution in [3.05, 3.63) is 17.1 Å². The van der Waals surface area contributed by atoms with Crippen LogP contribution in [0.25, 0.3) is 0 Å². The SMILES string of the molecule is Cc1nc(C)c(C(=O)O)c(SC2CS(=O)(=O)CC2O)n1. The molecule has 7 nitrogen and oxygen atoms in total. The Morgan fingerprint density at radius 3 is 2.45 bits per heavy atom. The quantitative estimate of drug-likeness (QED) is 0.750. The number of sulfone groups is 1. The third-order valence-corrected chi connectivity index (χ3v) is 6.15. The number of carbonyl (C=O) groups is 1. The molecule has 9 heteroatoms. The average molecular weight is 318 g/mol. The van der Waals surface area contributed by atoms with Crippen molar-refractivity contribution >= 4 is 27.6 Å². The van der Waals surface area contributed by atoms with Crippen LogP contribution < -0.4 is 0 Å². The van der Waals surface area contributed by atoms with Crippen molar-refractivity contribution in [1.82, 2.24) is 9.97 Å². The Kier molecular flexibility index (Phi) is 4.03. The Hall–Kier alpha value is -1.19. The van der Waals surface area contributed by atoms with Crippen LogP contribution in [-0.4, -0.2) is 57.4 Å². The van der Waals surface area contributed by atoms with Gasteiger partial charge in [-0.2, -0.15) is 0 Å². The number of thioether (sulfide) groups is 1. The molecular weight excluding hydrogens is 304 g/mol. The first-order chi connectivity index (χ1) is 9.19. The fourth-order valence-corrected chi connectivity index (χ4v) is 5.77. The second kappa shape index (κ2) is 5.30. The molecule has 2 rings (SSSR count). The van der Waals surface area contributed by atoms with E-state index in [9.17, 15) is 23.4 Å². The summed E-state index contributed by atoms with van der Waals surface area (Å²) < 4.78 is 22.9. The maximum Gasteiger partial charge on any atom is 0.340 e. The van der Waals surface area contributed by atoms with E-state index in [1.54, 1.807) is 13.8 Å². The molecule has 0 aliphatic carbocycles. The average Bonchev–Trinajstić information content (AvgIpc) is 2.49. The minimum Gasteiger partial charge on any atom is -0.478 e. The molecule has 0 bridgehead atoms. The normalized spacial score (nSPS) is 24.8.